The zero-order chi connectivity index (χ0) is 21.1. The molecule has 1 atom stereocenters. The first kappa shape index (κ1) is 20.9. The molecule has 152 valence electrons. The maximum absolute atomic E-state index is 13.0. The third kappa shape index (κ3) is 4.60. The van der Waals surface area contributed by atoms with Gasteiger partial charge in [0, 0.05) is 23.2 Å². The van der Waals surface area contributed by atoms with Gasteiger partial charge in [-0.2, -0.15) is 0 Å². The van der Waals surface area contributed by atoms with Crippen molar-refractivity contribution in [2.24, 2.45) is 0 Å². The van der Waals surface area contributed by atoms with Crippen LogP contribution < -0.4 is 11.1 Å². The largest absolute Gasteiger partial charge is 0.393 e. The number of halogens is 2. The summed E-state index contributed by atoms with van der Waals surface area (Å²) in [4.78, 5) is 37.8. The zero-order valence-electron chi connectivity index (χ0n) is 15.2. The van der Waals surface area contributed by atoms with Gasteiger partial charge >= 0.3 is 0 Å². The van der Waals surface area contributed by atoms with Gasteiger partial charge in [-0.15, -0.1) is 0 Å². The molecular formula is C19H18Cl2N4O4. The maximum Gasteiger partial charge on any atom is 0.292 e. The van der Waals surface area contributed by atoms with E-state index >= 15 is 0 Å². The number of nitrogens with two attached hydrogens (primary N) is 1. The molecule has 0 aromatic heterocycles. The molecule has 2 aromatic rings. The SMILES string of the molecule is Nc1ccc(C(=O)N2CCCCC2C(=O)Nc2ccc(Cl)cc2Cl)cc1[N+](=O)[O-]. The zero-order valence-corrected chi connectivity index (χ0v) is 16.7. The van der Waals surface area contributed by atoms with Crippen LogP contribution in [0.1, 0.15) is 29.6 Å². The number of nitrogen functional groups attached to an aromatic ring is 1. The monoisotopic (exact) mass is 436 g/mol. The molecule has 2 aromatic carbocycles. The van der Waals surface area contributed by atoms with Gasteiger partial charge in [-0.1, -0.05) is 23.2 Å². The molecule has 0 aliphatic carbocycles. The van der Waals surface area contributed by atoms with Crippen molar-refractivity contribution in [2.45, 2.75) is 25.3 Å². The van der Waals surface area contributed by atoms with E-state index in [2.05, 4.69) is 5.32 Å². The van der Waals surface area contributed by atoms with E-state index in [1.165, 1.54) is 23.1 Å². The number of amides is 2. The van der Waals surface area contributed by atoms with Crippen molar-refractivity contribution in [3.8, 4) is 0 Å². The molecule has 1 aliphatic heterocycles. The van der Waals surface area contributed by atoms with Crippen molar-refractivity contribution < 1.29 is 14.5 Å². The Morgan fingerprint density at radius 3 is 2.62 bits per heavy atom. The number of hydrogen-bond acceptors (Lipinski definition) is 5. The number of anilines is 2. The van der Waals surface area contributed by atoms with E-state index in [4.69, 9.17) is 28.9 Å². The third-order valence-corrected chi connectivity index (χ3v) is 5.28. The van der Waals surface area contributed by atoms with Crippen LogP contribution in [0.25, 0.3) is 0 Å². The Morgan fingerprint density at radius 1 is 1.17 bits per heavy atom. The first-order chi connectivity index (χ1) is 13.8. The summed E-state index contributed by atoms with van der Waals surface area (Å²) < 4.78 is 0. The predicted molar refractivity (Wildman–Crippen MR) is 111 cm³/mol. The molecule has 2 amide bonds. The molecule has 10 heteroatoms. The Kier molecular flexibility index (Phi) is 6.24. The molecule has 8 nitrogen and oxygen atoms in total. The minimum atomic E-state index is -0.723. The normalized spacial score (nSPS) is 16.3. The second-order valence-electron chi connectivity index (χ2n) is 6.65. The Labute approximate surface area is 176 Å². The number of piperidine rings is 1. The van der Waals surface area contributed by atoms with E-state index in [-0.39, 0.29) is 27.9 Å². The fraction of sp³-hybridized carbons (Fsp3) is 0.263. The highest BCUT2D eigenvalue weighted by Gasteiger charge is 2.33. The average Bonchev–Trinajstić information content (AvgIpc) is 2.69. The van der Waals surface area contributed by atoms with Crippen molar-refractivity contribution in [3.63, 3.8) is 0 Å². The van der Waals surface area contributed by atoms with Crippen molar-refractivity contribution in [3.05, 3.63) is 62.1 Å². The molecule has 0 bridgehead atoms. The van der Waals surface area contributed by atoms with Gasteiger partial charge in [0.05, 0.1) is 15.6 Å². The third-order valence-electron chi connectivity index (χ3n) is 4.73. The van der Waals surface area contributed by atoms with E-state index in [1.54, 1.807) is 12.1 Å². The van der Waals surface area contributed by atoms with Crippen LogP contribution in [0.5, 0.6) is 0 Å². The minimum absolute atomic E-state index is 0.0307. The van der Waals surface area contributed by atoms with Crippen LogP contribution >= 0.6 is 23.2 Å². The first-order valence-corrected chi connectivity index (χ1v) is 9.64. The van der Waals surface area contributed by atoms with Crippen molar-refractivity contribution >= 4 is 52.1 Å². The summed E-state index contributed by atoms with van der Waals surface area (Å²) in [5, 5.41) is 14.6. The second kappa shape index (κ2) is 8.67. The standard InChI is InChI=1S/C19H18Cl2N4O4/c20-12-5-7-15(13(21)10-12)23-18(26)16-3-1-2-8-24(16)19(27)11-4-6-14(22)17(9-11)25(28)29/h4-7,9-10,16H,1-3,8,22H2,(H,23,26). The number of carbonyl (C=O) groups is 2. The van der Waals surface area contributed by atoms with Crippen molar-refractivity contribution in [1.82, 2.24) is 4.90 Å². The molecule has 1 unspecified atom stereocenters. The van der Waals surface area contributed by atoms with Crippen molar-refractivity contribution in [2.75, 3.05) is 17.6 Å². The summed E-state index contributed by atoms with van der Waals surface area (Å²) in [5.74, 6) is -0.845. The van der Waals surface area contributed by atoms with Crippen LogP contribution in [0.15, 0.2) is 36.4 Å². The number of likely N-dealkylation sites (tertiary alicyclic amines) is 1. The topological polar surface area (TPSA) is 119 Å². The lowest BCUT2D eigenvalue weighted by atomic mass is 9.99. The predicted octanol–water partition coefficient (Wildman–Crippen LogP) is 4.12. The second-order valence-corrected chi connectivity index (χ2v) is 7.50. The van der Waals surface area contributed by atoms with E-state index in [9.17, 15) is 19.7 Å². The summed E-state index contributed by atoms with van der Waals surface area (Å²) in [6.07, 6.45) is 1.98. The van der Waals surface area contributed by atoms with Crippen LogP contribution in [0.3, 0.4) is 0 Å². The lowest BCUT2D eigenvalue weighted by molar-refractivity contribution is -0.383. The van der Waals surface area contributed by atoms with Gasteiger partial charge in [-0.05, 0) is 49.6 Å². The van der Waals surface area contributed by atoms with Gasteiger partial charge in [0.15, 0.2) is 0 Å². The quantitative estimate of drug-likeness (QED) is 0.424. The van der Waals surface area contributed by atoms with Crippen LogP contribution in [-0.4, -0.2) is 34.2 Å². The van der Waals surface area contributed by atoms with Crippen LogP contribution in [0.2, 0.25) is 10.0 Å². The summed E-state index contributed by atoms with van der Waals surface area (Å²) in [7, 11) is 0. The van der Waals surface area contributed by atoms with Crippen LogP contribution in [0.4, 0.5) is 17.1 Å². The molecule has 3 N–H and O–H groups in total. The average molecular weight is 437 g/mol. The molecule has 29 heavy (non-hydrogen) atoms. The minimum Gasteiger partial charge on any atom is -0.393 e. The highest BCUT2D eigenvalue weighted by atomic mass is 35.5. The fourth-order valence-corrected chi connectivity index (χ4v) is 3.71. The molecule has 0 spiro atoms. The van der Waals surface area contributed by atoms with Crippen LogP contribution in [0, 0.1) is 10.1 Å². The molecule has 0 radical (unpaired) electrons. The Balaban J connectivity index is 1.83. The Bertz CT molecular complexity index is 983. The van der Waals surface area contributed by atoms with Gasteiger partial charge in [0.1, 0.15) is 11.7 Å². The summed E-state index contributed by atoms with van der Waals surface area (Å²) in [6, 6.07) is 7.84. The molecule has 3 rings (SSSR count). The van der Waals surface area contributed by atoms with E-state index in [1.807, 2.05) is 0 Å². The molecular weight excluding hydrogens is 419 g/mol. The molecule has 1 saturated heterocycles. The molecule has 1 fully saturated rings. The summed E-state index contributed by atoms with van der Waals surface area (Å²) >= 11 is 12.0. The van der Waals surface area contributed by atoms with E-state index < -0.39 is 16.9 Å². The molecule has 1 heterocycles. The smallest absolute Gasteiger partial charge is 0.292 e. The van der Waals surface area contributed by atoms with Gasteiger partial charge < -0.3 is 16.0 Å². The lowest BCUT2D eigenvalue weighted by Crippen LogP contribution is -2.50. The van der Waals surface area contributed by atoms with E-state index in [0.717, 1.165) is 18.9 Å². The number of nitro benzene ring substituents is 1. The number of benzene rings is 2. The number of nitro groups is 1. The highest BCUT2D eigenvalue weighted by Crippen LogP contribution is 2.28. The number of rotatable bonds is 4. The summed E-state index contributed by atoms with van der Waals surface area (Å²) in [5.41, 5.74) is 5.72. The van der Waals surface area contributed by atoms with Gasteiger partial charge in [0.25, 0.3) is 11.6 Å². The van der Waals surface area contributed by atoms with E-state index in [0.29, 0.717) is 23.7 Å². The van der Waals surface area contributed by atoms with Crippen molar-refractivity contribution in [1.29, 1.82) is 0 Å². The summed E-state index contributed by atoms with van der Waals surface area (Å²) in [6.45, 7) is 0.365. The van der Waals surface area contributed by atoms with Gasteiger partial charge in [-0.25, -0.2) is 0 Å². The highest BCUT2D eigenvalue weighted by molar-refractivity contribution is 6.36. The van der Waals surface area contributed by atoms with Gasteiger partial charge in [0.2, 0.25) is 5.91 Å². The Hall–Kier alpha value is -2.84. The maximum atomic E-state index is 13.0. The number of nitrogens with zero attached hydrogens (tertiary/aromatic N) is 2. The molecule has 1 aliphatic rings. The fourth-order valence-electron chi connectivity index (χ4n) is 3.25. The lowest BCUT2D eigenvalue weighted by Gasteiger charge is -2.34. The number of nitrogens with one attached hydrogen (secondary N) is 1. The Morgan fingerprint density at radius 2 is 1.93 bits per heavy atom. The molecule has 0 saturated carbocycles. The van der Waals surface area contributed by atoms with Gasteiger partial charge in [-0.3, -0.25) is 19.7 Å². The first-order valence-electron chi connectivity index (χ1n) is 8.88. The number of hydrogen-bond donors (Lipinski definition) is 2. The number of carbonyl (C=O) groups excluding carboxylic acids is 2. The van der Waals surface area contributed by atoms with Crippen LogP contribution in [-0.2, 0) is 4.79 Å².